The molecule has 0 aliphatic rings. The van der Waals surface area contributed by atoms with Gasteiger partial charge in [-0.2, -0.15) is 5.10 Å². The monoisotopic (exact) mass is 360 g/mol. The van der Waals surface area contributed by atoms with Crippen LogP contribution in [0.5, 0.6) is 0 Å². The average Bonchev–Trinajstić information content (AvgIpc) is 2.73. The van der Waals surface area contributed by atoms with E-state index in [2.05, 4.69) is 21.0 Å². The fourth-order valence-electron chi connectivity index (χ4n) is 1.77. The standard InChI is InChI=1S/C13H11BrCl2N2O/c1-2-5-18-12(11(16)7-17-18)13(19)9-6-8(15)3-4-10(9)14/h3-4,6-7H,2,5H2,1H3. The molecule has 0 saturated heterocycles. The molecule has 0 fully saturated rings. The van der Waals surface area contributed by atoms with Gasteiger partial charge in [-0.3, -0.25) is 9.48 Å². The van der Waals surface area contributed by atoms with E-state index in [0.29, 0.717) is 32.3 Å². The summed E-state index contributed by atoms with van der Waals surface area (Å²) in [6, 6.07) is 5.07. The van der Waals surface area contributed by atoms with Crippen molar-refractivity contribution in [3.05, 3.63) is 50.2 Å². The highest BCUT2D eigenvalue weighted by Crippen LogP contribution is 2.26. The number of hydrogen-bond acceptors (Lipinski definition) is 2. The van der Waals surface area contributed by atoms with Crippen molar-refractivity contribution >= 4 is 44.9 Å². The molecule has 2 rings (SSSR count). The number of aryl methyl sites for hydroxylation is 1. The van der Waals surface area contributed by atoms with Crippen LogP contribution >= 0.6 is 39.1 Å². The molecule has 1 heterocycles. The summed E-state index contributed by atoms with van der Waals surface area (Å²) in [5.74, 6) is -0.190. The van der Waals surface area contributed by atoms with Crippen molar-refractivity contribution in [3.63, 3.8) is 0 Å². The van der Waals surface area contributed by atoms with Crippen molar-refractivity contribution in [2.75, 3.05) is 0 Å². The van der Waals surface area contributed by atoms with Gasteiger partial charge in [0.25, 0.3) is 0 Å². The summed E-state index contributed by atoms with van der Waals surface area (Å²) >= 11 is 15.4. The van der Waals surface area contributed by atoms with E-state index >= 15 is 0 Å². The van der Waals surface area contributed by atoms with Crippen molar-refractivity contribution in [2.24, 2.45) is 0 Å². The van der Waals surface area contributed by atoms with Gasteiger partial charge in [0.1, 0.15) is 5.69 Å². The van der Waals surface area contributed by atoms with Crippen LogP contribution in [0.2, 0.25) is 10.0 Å². The number of rotatable bonds is 4. The van der Waals surface area contributed by atoms with Gasteiger partial charge < -0.3 is 0 Å². The fourth-order valence-corrected chi connectivity index (χ4v) is 2.59. The quantitative estimate of drug-likeness (QED) is 0.746. The second kappa shape index (κ2) is 6.07. The summed E-state index contributed by atoms with van der Waals surface area (Å²) in [6.07, 6.45) is 2.36. The molecule has 0 amide bonds. The van der Waals surface area contributed by atoms with Gasteiger partial charge in [-0.05, 0) is 24.6 Å². The number of carbonyl (C=O) groups is 1. The molecule has 2 aromatic rings. The molecule has 1 aromatic carbocycles. The van der Waals surface area contributed by atoms with Crippen LogP contribution in [0, 0.1) is 0 Å². The fraction of sp³-hybridized carbons (Fsp3) is 0.231. The molecule has 6 heteroatoms. The lowest BCUT2D eigenvalue weighted by atomic mass is 10.1. The Morgan fingerprint density at radius 2 is 2.16 bits per heavy atom. The molecule has 0 aliphatic heterocycles. The lowest BCUT2D eigenvalue weighted by molar-refractivity contribution is 0.102. The van der Waals surface area contributed by atoms with Crippen LogP contribution in [0.1, 0.15) is 29.4 Å². The molecular formula is C13H11BrCl2N2O. The summed E-state index contributed by atoms with van der Waals surface area (Å²) in [5.41, 5.74) is 0.874. The van der Waals surface area contributed by atoms with E-state index in [-0.39, 0.29) is 5.78 Å². The molecular weight excluding hydrogens is 351 g/mol. The molecule has 3 nitrogen and oxygen atoms in total. The zero-order chi connectivity index (χ0) is 14.0. The first-order chi connectivity index (χ1) is 9.04. The van der Waals surface area contributed by atoms with Crippen LogP contribution in [-0.4, -0.2) is 15.6 Å². The number of ketones is 1. The third kappa shape index (κ3) is 3.02. The van der Waals surface area contributed by atoms with Crippen molar-refractivity contribution in [3.8, 4) is 0 Å². The van der Waals surface area contributed by atoms with E-state index < -0.39 is 0 Å². The normalized spacial score (nSPS) is 10.7. The van der Waals surface area contributed by atoms with E-state index in [1.54, 1.807) is 22.9 Å². The molecule has 100 valence electrons. The molecule has 0 bridgehead atoms. The van der Waals surface area contributed by atoms with Gasteiger partial charge in [0.05, 0.1) is 11.2 Å². The Bertz CT molecular complexity index is 625. The van der Waals surface area contributed by atoms with Crippen LogP contribution in [0.3, 0.4) is 0 Å². The number of benzene rings is 1. The SMILES string of the molecule is CCCn1ncc(Cl)c1C(=O)c1cc(Cl)ccc1Br. The number of hydrogen-bond donors (Lipinski definition) is 0. The number of aromatic nitrogens is 2. The van der Waals surface area contributed by atoms with Gasteiger partial charge in [-0.25, -0.2) is 0 Å². The first-order valence-electron chi connectivity index (χ1n) is 5.75. The first-order valence-corrected chi connectivity index (χ1v) is 7.30. The molecule has 0 saturated carbocycles. The van der Waals surface area contributed by atoms with E-state index in [4.69, 9.17) is 23.2 Å². The number of halogens is 3. The highest BCUT2D eigenvalue weighted by Gasteiger charge is 2.21. The smallest absolute Gasteiger partial charge is 0.213 e. The Balaban J connectivity index is 2.49. The highest BCUT2D eigenvalue weighted by atomic mass is 79.9. The van der Waals surface area contributed by atoms with Crippen LogP contribution < -0.4 is 0 Å². The van der Waals surface area contributed by atoms with Gasteiger partial charge in [0, 0.05) is 21.6 Å². The van der Waals surface area contributed by atoms with Gasteiger partial charge in [-0.1, -0.05) is 46.1 Å². The highest BCUT2D eigenvalue weighted by molar-refractivity contribution is 9.10. The zero-order valence-electron chi connectivity index (χ0n) is 10.2. The molecule has 0 radical (unpaired) electrons. The minimum Gasteiger partial charge on any atom is -0.287 e. The van der Waals surface area contributed by atoms with Crippen molar-refractivity contribution < 1.29 is 4.79 Å². The molecule has 0 spiro atoms. The summed E-state index contributed by atoms with van der Waals surface area (Å²) < 4.78 is 2.31. The van der Waals surface area contributed by atoms with Gasteiger partial charge >= 0.3 is 0 Å². The predicted octanol–water partition coefficient (Wildman–Crippen LogP) is 4.59. The lowest BCUT2D eigenvalue weighted by Gasteiger charge is -2.08. The number of nitrogens with zero attached hydrogens (tertiary/aromatic N) is 2. The third-order valence-corrected chi connectivity index (χ3v) is 3.82. The van der Waals surface area contributed by atoms with E-state index in [9.17, 15) is 4.79 Å². The average molecular weight is 362 g/mol. The maximum atomic E-state index is 12.6. The first kappa shape index (κ1) is 14.6. The maximum absolute atomic E-state index is 12.6. The molecule has 1 aromatic heterocycles. The Morgan fingerprint density at radius 3 is 2.84 bits per heavy atom. The zero-order valence-corrected chi connectivity index (χ0v) is 13.3. The molecule has 19 heavy (non-hydrogen) atoms. The molecule has 0 unspecified atom stereocenters. The Morgan fingerprint density at radius 1 is 1.42 bits per heavy atom. The predicted molar refractivity (Wildman–Crippen MR) is 80.1 cm³/mol. The second-order valence-electron chi connectivity index (χ2n) is 4.02. The Hall–Kier alpha value is -0.840. The summed E-state index contributed by atoms with van der Waals surface area (Å²) in [6.45, 7) is 2.66. The van der Waals surface area contributed by atoms with Gasteiger partial charge in [0.15, 0.2) is 0 Å². The van der Waals surface area contributed by atoms with Crippen LogP contribution in [0.15, 0.2) is 28.9 Å². The van der Waals surface area contributed by atoms with Crippen molar-refractivity contribution in [2.45, 2.75) is 19.9 Å². The molecule has 0 atom stereocenters. The molecule has 0 N–H and O–H groups in total. The lowest BCUT2D eigenvalue weighted by Crippen LogP contribution is -2.12. The van der Waals surface area contributed by atoms with Crippen LogP contribution in [-0.2, 0) is 6.54 Å². The Kier molecular flexibility index (Phi) is 4.66. The van der Waals surface area contributed by atoms with Gasteiger partial charge in [-0.15, -0.1) is 0 Å². The summed E-state index contributed by atoms with van der Waals surface area (Å²) in [5, 5.41) is 4.98. The van der Waals surface area contributed by atoms with Crippen molar-refractivity contribution in [1.29, 1.82) is 0 Å². The van der Waals surface area contributed by atoms with Crippen LogP contribution in [0.25, 0.3) is 0 Å². The van der Waals surface area contributed by atoms with Gasteiger partial charge in [0.2, 0.25) is 5.78 Å². The topological polar surface area (TPSA) is 34.9 Å². The van der Waals surface area contributed by atoms with Crippen molar-refractivity contribution in [1.82, 2.24) is 9.78 Å². The minimum atomic E-state index is -0.190. The Labute approximate surface area is 129 Å². The van der Waals surface area contributed by atoms with E-state index in [0.717, 1.165) is 6.42 Å². The summed E-state index contributed by atoms with van der Waals surface area (Å²) in [4.78, 5) is 12.6. The van der Waals surface area contributed by atoms with Crippen LogP contribution in [0.4, 0.5) is 0 Å². The minimum absolute atomic E-state index is 0.190. The number of carbonyl (C=O) groups excluding carboxylic acids is 1. The van der Waals surface area contributed by atoms with E-state index in [1.165, 1.54) is 6.20 Å². The summed E-state index contributed by atoms with van der Waals surface area (Å²) in [7, 11) is 0. The van der Waals surface area contributed by atoms with E-state index in [1.807, 2.05) is 6.92 Å². The largest absolute Gasteiger partial charge is 0.287 e. The molecule has 0 aliphatic carbocycles. The maximum Gasteiger partial charge on any atom is 0.213 e. The third-order valence-electron chi connectivity index (χ3n) is 2.62. The second-order valence-corrected chi connectivity index (χ2v) is 5.72.